The number of hydrogen-bond donors (Lipinski definition) is 2. The van der Waals surface area contributed by atoms with Gasteiger partial charge in [-0.25, -0.2) is 14.4 Å². The van der Waals surface area contributed by atoms with E-state index in [0.717, 1.165) is 49.4 Å². The highest BCUT2D eigenvalue weighted by Gasteiger charge is 2.19. The van der Waals surface area contributed by atoms with Crippen molar-refractivity contribution in [1.29, 1.82) is 0 Å². The van der Waals surface area contributed by atoms with Gasteiger partial charge in [0.2, 0.25) is 5.88 Å². The lowest BCUT2D eigenvalue weighted by Crippen LogP contribution is -2.43. The van der Waals surface area contributed by atoms with Gasteiger partial charge in [0.15, 0.2) is 11.6 Å². The summed E-state index contributed by atoms with van der Waals surface area (Å²) in [4.78, 5) is 11.0. The Hall–Kier alpha value is -3.45. The lowest BCUT2D eigenvalue weighted by molar-refractivity contribution is 0.423. The second-order valence-electron chi connectivity index (χ2n) is 8.28. The van der Waals surface area contributed by atoms with Crippen LogP contribution in [0.15, 0.2) is 48.3 Å². The molecule has 7 heteroatoms. The number of benzene rings is 2. The van der Waals surface area contributed by atoms with Crippen LogP contribution in [0.4, 0.5) is 21.6 Å². The van der Waals surface area contributed by atoms with E-state index in [0.29, 0.717) is 22.8 Å². The van der Waals surface area contributed by atoms with E-state index >= 15 is 0 Å². The number of nitrogens with one attached hydrogen (secondary N) is 2. The number of anilines is 3. The Morgan fingerprint density at radius 3 is 2.59 bits per heavy atom. The first-order valence-corrected chi connectivity index (χ1v) is 10.9. The highest BCUT2D eigenvalue weighted by atomic mass is 19.1. The molecule has 1 fully saturated rings. The summed E-state index contributed by atoms with van der Waals surface area (Å²) >= 11 is 0. The van der Waals surface area contributed by atoms with E-state index in [1.807, 2.05) is 38.1 Å². The van der Waals surface area contributed by atoms with Gasteiger partial charge in [0.1, 0.15) is 12.1 Å². The van der Waals surface area contributed by atoms with E-state index < -0.39 is 0 Å². The highest BCUT2D eigenvalue weighted by Crippen LogP contribution is 2.35. The molecule has 0 saturated carbocycles. The topological polar surface area (TPSA) is 62.3 Å². The maximum Gasteiger partial charge on any atom is 0.227 e. The number of fused-ring (bicyclic) bond motifs is 1. The molecule has 0 bridgehead atoms. The van der Waals surface area contributed by atoms with E-state index in [1.165, 1.54) is 12.0 Å². The smallest absolute Gasteiger partial charge is 0.227 e. The van der Waals surface area contributed by atoms with E-state index in [4.69, 9.17) is 4.74 Å². The molecule has 3 aromatic rings. The average molecular weight is 432 g/mol. The van der Waals surface area contributed by atoms with Crippen molar-refractivity contribution in [2.24, 2.45) is 0 Å². The molecule has 1 aliphatic carbocycles. The van der Waals surface area contributed by atoms with Gasteiger partial charge in [0.05, 0.1) is 5.56 Å². The van der Waals surface area contributed by atoms with Gasteiger partial charge in [-0.2, -0.15) is 0 Å². The summed E-state index contributed by atoms with van der Waals surface area (Å²) in [6.45, 7) is 7.89. The van der Waals surface area contributed by atoms with E-state index in [1.54, 1.807) is 6.07 Å². The van der Waals surface area contributed by atoms with Crippen molar-refractivity contribution in [2.75, 3.05) is 36.4 Å². The number of nitrogens with zero attached hydrogens (tertiary/aromatic N) is 3. The van der Waals surface area contributed by atoms with Crippen LogP contribution in [0.3, 0.4) is 0 Å². The zero-order valence-corrected chi connectivity index (χ0v) is 18.3. The molecular weight excluding hydrogens is 405 g/mol. The summed E-state index contributed by atoms with van der Waals surface area (Å²) < 4.78 is 20.8. The molecule has 2 heterocycles. The maximum atomic E-state index is 15.0. The van der Waals surface area contributed by atoms with Crippen molar-refractivity contribution < 1.29 is 9.13 Å². The zero-order valence-electron chi connectivity index (χ0n) is 18.3. The summed E-state index contributed by atoms with van der Waals surface area (Å²) in [6, 6.07) is 11.9. The first-order valence-electron chi connectivity index (χ1n) is 10.9. The number of hydrogen-bond acceptors (Lipinski definition) is 6. The summed E-state index contributed by atoms with van der Waals surface area (Å²) in [5, 5.41) is 6.69. The molecule has 0 spiro atoms. The normalized spacial score (nSPS) is 15.3. The largest absolute Gasteiger partial charge is 0.435 e. The Morgan fingerprint density at radius 2 is 1.81 bits per heavy atom. The first kappa shape index (κ1) is 20.5. The number of rotatable bonds is 5. The summed E-state index contributed by atoms with van der Waals surface area (Å²) in [5.41, 5.74) is 5.57. The van der Waals surface area contributed by atoms with Crippen LogP contribution in [0, 0.1) is 12.7 Å². The summed E-state index contributed by atoms with van der Waals surface area (Å²) in [7, 11) is 0. The molecule has 1 aromatic heterocycles. The molecule has 1 saturated heterocycles. The predicted molar refractivity (Wildman–Crippen MR) is 125 cm³/mol. The lowest BCUT2D eigenvalue weighted by atomic mass is 10.1. The first-order chi connectivity index (χ1) is 15.6. The number of piperazine rings is 1. The highest BCUT2D eigenvalue weighted by molar-refractivity contribution is 5.66. The molecule has 6 nitrogen and oxygen atoms in total. The number of ether oxygens (including phenoxy) is 1. The van der Waals surface area contributed by atoms with Crippen molar-refractivity contribution in [3.8, 4) is 11.6 Å². The van der Waals surface area contributed by atoms with Gasteiger partial charge in [0.25, 0.3) is 0 Å². The van der Waals surface area contributed by atoms with E-state index in [9.17, 15) is 4.39 Å². The van der Waals surface area contributed by atoms with Crippen LogP contribution in [-0.4, -0.2) is 36.1 Å². The van der Waals surface area contributed by atoms with E-state index in [-0.39, 0.29) is 11.6 Å². The van der Waals surface area contributed by atoms with Crippen molar-refractivity contribution in [3.05, 3.63) is 70.8 Å². The van der Waals surface area contributed by atoms with Crippen LogP contribution >= 0.6 is 0 Å². The molecule has 0 amide bonds. The second kappa shape index (κ2) is 8.59. The van der Waals surface area contributed by atoms with E-state index in [2.05, 4.69) is 37.6 Å². The third-order valence-electron chi connectivity index (χ3n) is 5.95. The molecule has 0 unspecified atom stereocenters. The van der Waals surface area contributed by atoms with Crippen molar-refractivity contribution in [3.63, 3.8) is 0 Å². The monoisotopic (exact) mass is 431 g/mol. The second-order valence-corrected chi connectivity index (χ2v) is 8.28. The fourth-order valence-electron chi connectivity index (χ4n) is 4.18. The Kier molecular flexibility index (Phi) is 5.49. The van der Waals surface area contributed by atoms with Gasteiger partial charge < -0.3 is 20.3 Å². The molecule has 5 rings (SSSR count). The van der Waals surface area contributed by atoms with Crippen LogP contribution in [0.1, 0.15) is 23.6 Å². The van der Waals surface area contributed by atoms with Crippen molar-refractivity contribution in [2.45, 2.75) is 20.3 Å². The van der Waals surface area contributed by atoms with Crippen molar-refractivity contribution >= 4 is 23.3 Å². The van der Waals surface area contributed by atoms with Crippen LogP contribution in [0.5, 0.6) is 11.6 Å². The van der Waals surface area contributed by atoms with Crippen LogP contribution in [0.2, 0.25) is 0 Å². The molecule has 164 valence electrons. The van der Waals surface area contributed by atoms with Gasteiger partial charge in [-0.15, -0.1) is 0 Å². The van der Waals surface area contributed by atoms with Crippen LogP contribution in [-0.2, 0) is 6.42 Å². The van der Waals surface area contributed by atoms with Gasteiger partial charge in [-0.3, -0.25) is 0 Å². The van der Waals surface area contributed by atoms with Crippen LogP contribution in [0.25, 0.3) is 6.08 Å². The van der Waals surface area contributed by atoms with Gasteiger partial charge in [-0.05, 0) is 56.2 Å². The molecule has 2 aliphatic rings. The molecular formula is C25H26FN5O. The lowest BCUT2D eigenvalue weighted by Gasteiger charge is -2.29. The summed E-state index contributed by atoms with van der Waals surface area (Å²) in [5.74, 6) is 0.776. The third kappa shape index (κ3) is 4.03. The van der Waals surface area contributed by atoms with Crippen LogP contribution < -0.4 is 20.3 Å². The molecule has 0 atom stereocenters. The fourth-order valence-corrected chi connectivity index (χ4v) is 4.18. The third-order valence-corrected chi connectivity index (χ3v) is 5.95. The number of allylic oxidation sites excluding steroid dienone is 1. The Balaban J connectivity index is 1.34. The molecule has 1 aliphatic heterocycles. The maximum absolute atomic E-state index is 15.0. The Bertz CT molecular complexity index is 1170. The minimum Gasteiger partial charge on any atom is -0.435 e. The molecule has 32 heavy (non-hydrogen) atoms. The summed E-state index contributed by atoms with van der Waals surface area (Å²) in [6.07, 6.45) is 4.08. The molecule has 2 aromatic carbocycles. The van der Waals surface area contributed by atoms with Gasteiger partial charge in [-0.1, -0.05) is 17.7 Å². The zero-order chi connectivity index (χ0) is 22.1. The minimum absolute atomic E-state index is 0.169. The van der Waals surface area contributed by atoms with Crippen molar-refractivity contribution in [1.82, 2.24) is 15.3 Å². The SMILES string of the molecule is CC1=Cc2c(ccc(Oc3ncnc(Nc4ccc(N5CCNCC5)cc4)c3C)c2F)C1. The number of halogens is 1. The Morgan fingerprint density at radius 1 is 1.03 bits per heavy atom. The minimum atomic E-state index is -0.352. The van der Waals surface area contributed by atoms with Gasteiger partial charge >= 0.3 is 0 Å². The standard InChI is InChI=1S/C25H26FN5O/c1-16-13-18-3-8-22(23(26)21(18)14-16)32-25-17(2)24(28-15-29-25)30-19-4-6-20(7-5-19)31-11-9-27-10-12-31/h3-8,14-15,27H,9-13H2,1-2H3,(H,28,29,30). The molecule has 0 radical (unpaired) electrons. The average Bonchev–Trinajstić information content (AvgIpc) is 3.20. The predicted octanol–water partition coefficient (Wildman–Crippen LogP) is 4.83. The number of aromatic nitrogens is 2. The van der Waals surface area contributed by atoms with Gasteiger partial charge in [0, 0.05) is 43.1 Å². The quantitative estimate of drug-likeness (QED) is 0.603. The molecule has 2 N–H and O–H groups in total. The fraction of sp³-hybridized carbons (Fsp3) is 0.280. The Labute approximate surface area is 187 Å².